The number of nitrogens with zero attached hydrogens (tertiary/aromatic N) is 3. The highest BCUT2D eigenvalue weighted by Gasteiger charge is 2.29. The van der Waals surface area contributed by atoms with E-state index in [1.807, 2.05) is 17.3 Å². The van der Waals surface area contributed by atoms with Gasteiger partial charge < -0.3 is 14.1 Å². The largest absolute Gasteiger partial charge is 0.460 e. The number of carbonyl (C=O) groups excluding carboxylic acids is 1. The van der Waals surface area contributed by atoms with Crippen LogP contribution in [-0.4, -0.2) is 66.6 Å². The number of piperidine rings is 1. The van der Waals surface area contributed by atoms with E-state index in [9.17, 15) is 4.79 Å². The third-order valence-electron chi connectivity index (χ3n) is 7.82. The molecule has 6 nitrogen and oxygen atoms in total. The van der Waals surface area contributed by atoms with Gasteiger partial charge in [-0.25, -0.2) is 0 Å². The number of fused-ring (bicyclic) bond motifs is 1. The number of pyridine rings is 1. The highest BCUT2D eigenvalue weighted by Crippen LogP contribution is 2.41. The molecular formula is C29H33N3O3. The average Bonchev–Trinajstić information content (AvgIpc) is 3.57. The topological polar surface area (TPSA) is 58.8 Å². The van der Waals surface area contributed by atoms with E-state index in [2.05, 4.69) is 46.3 Å². The summed E-state index contributed by atoms with van der Waals surface area (Å²) >= 11 is 0. The van der Waals surface area contributed by atoms with Crippen LogP contribution in [0.25, 0.3) is 22.5 Å². The number of benzene rings is 1. The molecule has 0 atom stereocenters. The van der Waals surface area contributed by atoms with Crippen molar-refractivity contribution in [2.75, 3.05) is 45.9 Å². The third kappa shape index (κ3) is 4.78. The monoisotopic (exact) mass is 471 g/mol. The normalized spacial score (nSPS) is 19.1. The summed E-state index contributed by atoms with van der Waals surface area (Å²) in [6, 6.07) is 13.1. The first-order chi connectivity index (χ1) is 17.2. The molecule has 2 aliphatic heterocycles. The fraction of sp³-hybridized carbons (Fsp3) is 0.448. The number of morpholine rings is 1. The molecule has 0 bridgehead atoms. The zero-order valence-electron chi connectivity index (χ0n) is 20.2. The van der Waals surface area contributed by atoms with Gasteiger partial charge in [0.2, 0.25) is 5.91 Å². The van der Waals surface area contributed by atoms with Crippen LogP contribution in [-0.2, 0) is 22.4 Å². The number of hydrogen-bond donors (Lipinski definition) is 0. The number of amides is 1. The quantitative estimate of drug-likeness (QED) is 0.547. The van der Waals surface area contributed by atoms with E-state index in [0.29, 0.717) is 12.5 Å². The highest BCUT2D eigenvalue weighted by molar-refractivity contribution is 5.81. The van der Waals surface area contributed by atoms with Crippen molar-refractivity contribution in [3.63, 3.8) is 0 Å². The van der Waals surface area contributed by atoms with Gasteiger partial charge in [0.05, 0.1) is 19.8 Å². The highest BCUT2D eigenvalue weighted by atomic mass is 16.5. The summed E-state index contributed by atoms with van der Waals surface area (Å²) in [7, 11) is 0. The second-order valence-corrected chi connectivity index (χ2v) is 10.0. The number of ether oxygens (including phenoxy) is 1. The van der Waals surface area contributed by atoms with Crippen LogP contribution in [0.3, 0.4) is 0 Å². The summed E-state index contributed by atoms with van der Waals surface area (Å²) in [6.07, 6.45) is 9.11. The van der Waals surface area contributed by atoms with E-state index in [-0.39, 0.29) is 5.91 Å². The molecule has 1 amide bonds. The Labute approximate surface area is 206 Å². The van der Waals surface area contributed by atoms with Crippen molar-refractivity contribution in [2.45, 2.75) is 38.0 Å². The molecule has 0 unspecified atom stereocenters. The summed E-state index contributed by atoms with van der Waals surface area (Å²) in [4.78, 5) is 21.3. The number of carbonyl (C=O) groups is 1. The SMILES string of the molecule is O=C(CN1CCOCC1)N1CCC(c2cc(-c3ccncc3)c(-c3ccc4c(c3)CCC4)o2)CC1. The minimum absolute atomic E-state index is 0.237. The van der Waals surface area contributed by atoms with E-state index < -0.39 is 0 Å². The zero-order chi connectivity index (χ0) is 23.6. The molecule has 4 heterocycles. The molecule has 0 saturated carbocycles. The number of likely N-dealkylation sites (tertiary alicyclic amines) is 1. The van der Waals surface area contributed by atoms with Gasteiger partial charge in [0.15, 0.2) is 0 Å². The molecule has 0 spiro atoms. The van der Waals surface area contributed by atoms with Crippen LogP contribution in [0.2, 0.25) is 0 Å². The molecule has 2 saturated heterocycles. The number of hydrogen-bond acceptors (Lipinski definition) is 5. The number of furan rings is 1. The van der Waals surface area contributed by atoms with E-state index in [1.165, 1.54) is 24.0 Å². The maximum atomic E-state index is 12.8. The van der Waals surface area contributed by atoms with Crippen LogP contribution >= 0.6 is 0 Å². The molecule has 1 aromatic carbocycles. The van der Waals surface area contributed by atoms with Gasteiger partial charge in [-0.2, -0.15) is 0 Å². The molecular weight excluding hydrogens is 438 g/mol. The van der Waals surface area contributed by atoms with E-state index >= 15 is 0 Å². The number of aryl methyl sites for hydroxylation is 2. The molecule has 0 radical (unpaired) electrons. The van der Waals surface area contributed by atoms with Crippen LogP contribution in [0.5, 0.6) is 0 Å². The first-order valence-electron chi connectivity index (χ1n) is 13.0. The van der Waals surface area contributed by atoms with Gasteiger partial charge in [0, 0.05) is 55.6 Å². The van der Waals surface area contributed by atoms with Gasteiger partial charge in [-0.15, -0.1) is 0 Å². The average molecular weight is 472 g/mol. The summed E-state index contributed by atoms with van der Waals surface area (Å²) in [5.74, 6) is 2.55. The predicted molar refractivity (Wildman–Crippen MR) is 135 cm³/mol. The Morgan fingerprint density at radius 3 is 2.49 bits per heavy atom. The molecule has 1 aliphatic carbocycles. The summed E-state index contributed by atoms with van der Waals surface area (Å²) in [5.41, 5.74) is 6.34. The van der Waals surface area contributed by atoms with Crippen molar-refractivity contribution in [3.05, 3.63) is 65.7 Å². The van der Waals surface area contributed by atoms with Crippen molar-refractivity contribution in [1.82, 2.24) is 14.8 Å². The molecule has 3 aliphatic rings. The van der Waals surface area contributed by atoms with Gasteiger partial charge in [-0.1, -0.05) is 12.1 Å². The zero-order valence-corrected chi connectivity index (χ0v) is 20.2. The lowest BCUT2D eigenvalue weighted by atomic mass is 9.93. The van der Waals surface area contributed by atoms with E-state index in [0.717, 1.165) is 86.9 Å². The molecule has 2 fully saturated rings. The summed E-state index contributed by atoms with van der Waals surface area (Å²) in [5, 5.41) is 0. The lowest BCUT2D eigenvalue weighted by Crippen LogP contribution is -2.46. The smallest absolute Gasteiger partial charge is 0.236 e. The molecule has 35 heavy (non-hydrogen) atoms. The van der Waals surface area contributed by atoms with Gasteiger partial charge in [0.1, 0.15) is 11.5 Å². The van der Waals surface area contributed by atoms with Crippen LogP contribution in [0, 0.1) is 0 Å². The van der Waals surface area contributed by atoms with E-state index in [4.69, 9.17) is 9.15 Å². The lowest BCUT2D eigenvalue weighted by molar-refractivity contribution is -0.134. The van der Waals surface area contributed by atoms with Crippen molar-refractivity contribution >= 4 is 5.91 Å². The van der Waals surface area contributed by atoms with Gasteiger partial charge in [-0.3, -0.25) is 14.7 Å². The molecule has 182 valence electrons. The fourth-order valence-electron chi connectivity index (χ4n) is 5.75. The minimum atomic E-state index is 0.237. The molecule has 6 rings (SSSR count). The Hall–Kier alpha value is -2.96. The maximum Gasteiger partial charge on any atom is 0.236 e. The van der Waals surface area contributed by atoms with Gasteiger partial charge in [-0.05, 0) is 73.1 Å². The Morgan fingerprint density at radius 2 is 1.69 bits per heavy atom. The molecule has 0 N–H and O–H groups in total. The minimum Gasteiger partial charge on any atom is -0.460 e. The summed E-state index contributed by atoms with van der Waals surface area (Å²) < 4.78 is 12.0. The van der Waals surface area contributed by atoms with Crippen LogP contribution in [0.4, 0.5) is 0 Å². The number of aromatic nitrogens is 1. The Balaban J connectivity index is 1.21. The van der Waals surface area contributed by atoms with Crippen molar-refractivity contribution < 1.29 is 13.9 Å². The van der Waals surface area contributed by atoms with Crippen molar-refractivity contribution in [1.29, 1.82) is 0 Å². The first kappa shape index (κ1) is 22.5. The molecule has 6 heteroatoms. The maximum absolute atomic E-state index is 12.8. The molecule has 3 aromatic rings. The Kier molecular flexibility index (Phi) is 6.40. The second kappa shape index (κ2) is 9.96. The van der Waals surface area contributed by atoms with Crippen molar-refractivity contribution in [2.24, 2.45) is 0 Å². The van der Waals surface area contributed by atoms with Crippen LogP contribution in [0.15, 0.2) is 53.2 Å². The number of rotatable bonds is 5. The van der Waals surface area contributed by atoms with Crippen LogP contribution < -0.4 is 0 Å². The van der Waals surface area contributed by atoms with Gasteiger partial charge in [0.25, 0.3) is 0 Å². The van der Waals surface area contributed by atoms with Gasteiger partial charge >= 0.3 is 0 Å². The third-order valence-corrected chi connectivity index (χ3v) is 7.82. The van der Waals surface area contributed by atoms with Crippen LogP contribution in [0.1, 0.15) is 42.1 Å². The summed E-state index contributed by atoms with van der Waals surface area (Å²) in [6.45, 7) is 5.21. The molecule has 2 aromatic heterocycles. The standard InChI is InChI=1S/C29H33N3O3/c33-28(20-31-14-16-34-17-15-31)32-12-8-23(9-13-32)27-19-26(22-6-10-30-11-7-22)29(35-27)25-5-4-21-2-1-3-24(21)18-25/h4-7,10-11,18-19,23H,1-3,8-9,12-17,20H2. The fourth-order valence-corrected chi connectivity index (χ4v) is 5.75. The first-order valence-corrected chi connectivity index (χ1v) is 13.0. The predicted octanol–water partition coefficient (Wildman–Crippen LogP) is 4.54. The van der Waals surface area contributed by atoms with Crippen molar-refractivity contribution in [3.8, 4) is 22.5 Å². The second-order valence-electron chi connectivity index (χ2n) is 10.0. The Bertz CT molecular complexity index is 1180. The Morgan fingerprint density at radius 1 is 0.914 bits per heavy atom. The van der Waals surface area contributed by atoms with E-state index in [1.54, 1.807) is 0 Å². The lowest BCUT2D eigenvalue weighted by Gasteiger charge is -2.33.